The van der Waals surface area contributed by atoms with E-state index in [1.165, 1.54) is 83.5 Å². The Morgan fingerprint density at radius 1 is 0.492 bits per heavy atom. The van der Waals surface area contributed by atoms with Crippen molar-refractivity contribution in [2.75, 3.05) is 19.8 Å². The van der Waals surface area contributed by atoms with Gasteiger partial charge < -0.3 is 39.9 Å². The average Bonchev–Trinajstić information content (AvgIpc) is 3.29. The molecule has 0 spiro atoms. The van der Waals surface area contributed by atoms with Crippen molar-refractivity contribution >= 4 is 13.8 Å². The minimum atomic E-state index is -5.03. The molecule has 378 valence electrons. The molecule has 0 aromatic rings. The van der Waals surface area contributed by atoms with Crippen molar-refractivity contribution in [3.8, 4) is 0 Å². The smallest absolute Gasteiger partial charge is 0.457 e. The van der Waals surface area contributed by atoms with Crippen LogP contribution in [0.3, 0.4) is 0 Å². The third kappa shape index (κ3) is 34.1. The molecule has 0 heterocycles. The van der Waals surface area contributed by atoms with Crippen LogP contribution in [0.4, 0.5) is 0 Å². The Morgan fingerprint density at radius 2 is 0.862 bits per heavy atom. The Morgan fingerprint density at radius 3 is 1.34 bits per heavy atom. The molecule has 1 rings (SSSR count). The zero-order chi connectivity index (χ0) is 47.6. The molecule has 6 atom stereocenters. The predicted molar refractivity (Wildman–Crippen MR) is 262 cm³/mol. The molecule has 0 aromatic heterocycles. The molecule has 0 amide bonds. The fourth-order valence-electron chi connectivity index (χ4n) is 7.51. The highest BCUT2D eigenvalue weighted by Gasteiger charge is 2.51. The molecule has 0 aromatic carbocycles. The van der Waals surface area contributed by atoms with Crippen LogP contribution in [0.2, 0.25) is 0 Å². The van der Waals surface area contributed by atoms with Gasteiger partial charge in [-0.2, -0.15) is 0 Å². The van der Waals surface area contributed by atoms with Crippen LogP contribution in [0.1, 0.15) is 200 Å². The average molecular weight is 941 g/mol. The van der Waals surface area contributed by atoms with E-state index in [4.69, 9.17) is 18.5 Å². The second kappa shape index (κ2) is 42.2. The van der Waals surface area contributed by atoms with Crippen LogP contribution in [0.25, 0.3) is 0 Å². The van der Waals surface area contributed by atoms with Gasteiger partial charge in [-0.15, -0.1) is 0 Å². The number of ether oxygens (including phenoxy) is 2. The van der Waals surface area contributed by atoms with Crippen LogP contribution in [0.15, 0.2) is 60.8 Å². The standard InChI is InChI=1S/C52H93O12P/c1-3-5-7-9-11-13-15-17-19-21-23-25-27-29-31-33-35-37-39-41-46(53)63-45(44-62-65(59,60)64-52-50(57)48(55)47(54)49(56)51(52)58)43-61-42-40-38-36-34-32-30-28-26-24-22-20-18-16-14-12-10-8-6-4-2/h11,13-14,16-17,19-20,22-23,25,45,47-52,54-58H,3-10,12,15,18,21,24,26-44H2,1-2H3,(H,59,60)/b13-11-,16-14-,19-17-,22-20-,25-23-. The highest BCUT2D eigenvalue weighted by atomic mass is 31.2. The molecule has 0 radical (unpaired) electrons. The Hall–Kier alpha value is -1.96. The number of phosphoric acid groups is 1. The maximum Gasteiger partial charge on any atom is 0.472 e. The van der Waals surface area contributed by atoms with E-state index in [0.29, 0.717) is 13.0 Å². The number of carbonyl (C=O) groups excluding carboxylic acids is 1. The number of unbranched alkanes of at least 4 members (excludes halogenated alkanes) is 21. The monoisotopic (exact) mass is 941 g/mol. The van der Waals surface area contributed by atoms with Gasteiger partial charge in [0.05, 0.1) is 13.2 Å². The summed E-state index contributed by atoms with van der Waals surface area (Å²) in [4.78, 5) is 23.2. The summed E-state index contributed by atoms with van der Waals surface area (Å²) in [7, 11) is -5.03. The molecule has 1 saturated carbocycles. The molecule has 0 bridgehead atoms. The van der Waals surface area contributed by atoms with Crippen LogP contribution >= 0.6 is 7.82 Å². The predicted octanol–water partition coefficient (Wildman–Crippen LogP) is 11.4. The van der Waals surface area contributed by atoms with Crippen LogP contribution < -0.4 is 0 Å². The van der Waals surface area contributed by atoms with Gasteiger partial charge >= 0.3 is 13.8 Å². The quantitative estimate of drug-likeness (QED) is 0.0147. The summed E-state index contributed by atoms with van der Waals surface area (Å²) in [5.41, 5.74) is 0. The zero-order valence-corrected chi connectivity index (χ0v) is 41.4. The third-order valence-electron chi connectivity index (χ3n) is 11.6. The lowest BCUT2D eigenvalue weighted by atomic mass is 9.85. The molecule has 12 nitrogen and oxygen atoms in total. The van der Waals surface area contributed by atoms with Crippen molar-refractivity contribution in [1.29, 1.82) is 0 Å². The van der Waals surface area contributed by atoms with Crippen molar-refractivity contribution in [3.63, 3.8) is 0 Å². The van der Waals surface area contributed by atoms with Gasteiger partial charge in [0.1, 0.15) is 42.7 Å². The van der Waals surface area contributed by atoms with Gasteiger partial charge in [-0.3, -0.25) is 13.8 Å². The van der Waals surface area contributed by atoms with Crippen molar-refractivity contribution in [2.24, 2.45) is 0 Å². The van der Waals surface area contributed by atoms with E-state index in [1.54, 1.807) is 0 Å². The first kappa shape index (κ1) is 61.1. The summed E-state index contributed by atoms with van der Waals surface area (Å²) < 4.78 is 34.3. The number of aliphatic hydroxyl groups excluding tert-OH is 5. The van der Waals surface area contributed by atoms with E-state index in [1.807, 2.05) is 0 Å². The molecular weight excluding hydrogens is 848 g/mol. The summed E-state index contributed by atoms with van der Waals surface area (Å²) in [6.45, 7) is 4.20. The molecule has 0 saturated heterocycles. The van der Waals surface area contributed by atoms with Crippen molar-refractivity contribution < 1.29 is 58.3 Å². The zero-order valence-electron chi connectivity index (χ0n) is 40.5. The van der Waals surface area contributed by atoms with Gasteiger partial charge in [0.15, 0.2) is 0 Å². The summed E-state index contributed by atoms with van der Waals surface area (Å²) in [5, 5.41) is 50.3. The summed E-state index contributed by atoms with van der Waals surface area (Å²) in [5.74, 6) is -0.492. The Labute approximate surface area is 394 Å². The minimum Gasteiger partial charge on any atom is -0.457 e. The summed E-state index contributed by atoms with van der Waals surface area (Å²) in [6.07, 6.45) is 41.3. The van der Waals surface area contributed by atoms with Gasteiger partial charge in [-0.1, -0.05) is 171 Å². The van der Waals surface area contributed by atoms with Crippen molar-refractivity contribution in [1.82, 2.24) is 0 Å². The molecule has 1 aliphatic carbocycles. The maximum absolute atomic E-state index is 12.9. The number of aliphatic hydroxyl groups is 5. The molecule has 65 heavy (non-hydrogen) atoms. The largest absolute Gasteiger partial charge is 0.472 e. The van der Waals surface area contributed by atoms with Gasteiger partial charge in [0.25, 0.3) is 0 Å². The molecule has 1 aliphatic rings. The van der Waals surface area contributed by atoms with E-state index in [0.717, 1.165) is 89.9 Å². The number of hydrogen-bond acceptors (Lipinski definition) is 11. The SMILES string of the molecule is CCCCC/C=C\C/C=C\C/C=C\CCCCCCCCC(=O)OC(COCCCCCCCCCC/C=C\C/C=C\CCCCCC)COP(=O)(O)OC1C(O)C(O)C(O)C(O)C1O. The van der Waals surface area contributed by atoms with E-state index in [2.05, 4.69) is 74.6 Å². The van der Waals surface area contributed by atoms with Gasteiger partial charge in [-0.25, -0.2) is 4.57 Å². The number of hydrogen-bond donors (Lipinski definition) is 6. The number of phosphoric ester groups is 1. The van der Waals surface area contributed by atoms with E-state index in [-0.39, 0.29) is 13.0 Å². The molecule has 1 fully saturated rings. The highest BCUT2D eigenvalue weighted by Crippen LogP contribution is 2.47. The fourth-order valence-corrected chi connectivity index (χ4v) is 8.48. The molecule has 6 unspecified atom stereocenters. The van der Waals surface area contributed by atoms with Crippen molar-refractivity contribution in [2.45, 2.75) is 243 Å². The maximum atomic E-state index is 12.9. The Kier molecular flexibility index (Phi) is 39.6. The van der Waals surface area contributed by atoms with Gasteiger partial charge in [0.2, 0.25) is 0 Å². The van der Waals surface area contributed by atoms with E-state index >= 15 is 0 Å². The normalized spacial score (nSPS) is 22.0. The summed E-state index contributed by atoms with van der Waals surface area (Å²) >= 11 is 0. The van der Waals surface area contributed by atoms with Gasteiger partial charge in [-0.05, 0) is 83.5 Å². The topological polar surface area (TPSA) is 192 Å². The van der Waals surface area contributed by atoms with Gasteiger partial charge in [0, 0.05) is 13.0 Å². The number of esters is 1. The lowest BCUT2D eigenvalue weighted by Crippen LogP contribution is -2.64. The Bertz CT molecular complexity index is 1300. The first-order valence-corrected chi connectivity index (χ1v) is 27.1. The molecule has 6 N–H and O–H groups in total. The minimum absolute atomic E-state index is 0.0882. The first-order chi connectivity index (χ1) is 31.5. The lowest BCUT2D eigenvalue weighted by molar-refractivity contribution is -0.220. The number of allylic oxidation sites excluding steroid dienone is 10. The molecule has 0 aliphatic heterocycles. The third-order valence-corrected chi connectivity index (χ3v) is 12.6. The van der Waals surface area contributed by atoms with Crippen LogP contribution in [-0.4, -0.2) is 98.9 Å². The lowest BCUT2D eigenvalue weighted by Gasteiger charge is -2.41. The van der Waals surface area contributed by atoms with Crippen LogP contribution in [-0.2, 0) is 27.9 Å². The highest BCUT2D eigenvalue weighted by molar-refractivity contribution is 7.47. The second-order valence-electron chi connectivity index (χ2n) is 17.7. The fraction of sp³-hybridized carbons (Fsp3) is 0.788. The van der Waals surface area contributed by atoms with Crippen LogP contribution in [0, 0.1) is 0 Å². The first-order valence-electron chi connectivity index (χ1n) is 25.6. The molecule has 13 heteroatoms. The number of rotatable bonds is 43. The van der Waals surface area contributed by atoms with E-state index in [9.17, 15) is 39.8 Å². The Balaban J connectivity index is 2.37. The van der Waals surface area contributed by atoms with E-state index < -0.39 is 63.1 Å². The van der Waals surface area contributed by atoms with Crippen molar-refractivity contribution in [3.05, 3.63) is 60.8 Å². The molecular formula is C52H93O12P. The van der Waals surface area contributed by atoms with Crippen LogP contribution in [0.5, 0.6) is 0 Å². The number of carbonyl (C=O) groups is 1. The summed E-state index contributed by atoms with van der Waals surface area (Å²) in [6, 6.07) is 0. The second-order valence-corrected chi connectivity index (χ2v) is 19.1.